The lowest BCUT2D eigenvalue weighted by molar-refractivity contribution is 0.102. The summed E-state index contributed by atoms with van der Waals surface area (Å²) in [6.07, 6.45) is 0.965. The van der Waals surface area contributed by atoms with E-state index in [0.717, 1.165) is 17.7 Å². The molecule has 0 aliphatic carbocycles. The number of thiazole rings is 1. The third kappa shape index (κ3) is 3.80. The van der Waals surface area contributed by atoms with E-state index in [9.17, 15) is 4.79 Å². The van der Waals surface area contributed by atoms with Gasteiger partial charge in [-0.15, -0.1) is 11.3 Å². The average Bonchev–Trinajstić information content (AvgIpc) is 3.06. The van der Waals surface area contributed by atoms with Crippen LogP contribution in [0.3, 0.4) is 0 Å². The Hall–Kier alpha value is -2.46. The molecule has 0 atom stereocenters. The molecule has 1 heterocycles. The zero-order chi connectivity index (χ0) is 18.0. The van der Waals surface area contributed by atoms with Crippen molar-refractivity contribution >= 4 is 22.4 Å². The summed E-state index contributed by atoms with van der Waals surface area (Å²) < 4.78 is 0. The van der Waals surface area contributed by atoms with Crippen LogP contribution in [0.5, 0.6) is 0 Å². The van der Waals surface area contributed by atoms with Gasteiger partial charge in [-0.2, -0.15) is 0 Å². The number of nitrogens with one attached hydrogen (secondary N) is 1. The molecule has 0 spiro atoms. The second-order valence-corrected chi connectivity index (χ2v) is 7.15. The van der Waals surface area contributed by atoms with Crippen LogP contribution in [0, 0.1) is 20.8 Å². The lowest BCUT2D eigenvalue weighted by atomic mass is 9.99. The topological polar surface area (TPSA) is 42.0 Å². The van der Waals surface area contributed by atoms with Crippen LogP contribution < -0.4 is 5.32 Å². The van der Waals surface area contributed by atoms with E-state index >= 15 is 0 Å². The number of aromatic nitrogens is 1. The summed E-state index contributed by atoms with van der Waals surface area (Å²) in [5.41, 5.74) is 7.61. The van der Waals surface area contributed by atoms with Crippen LogP contribution in [-0.2, 0) is 6.42 Å². The molecule has 0 unspecified atom stereocenters. The molecule has 1 aromatic heterocycles. The van der Waals surface area contributed by atoms with Crippen LogP contribution in [0.4, 0.5) is 5.13 Å². The van der Waals surface area contributed by atoms with Crippen molar-refractivity contribution in [2.75, 3.05) is 5.32 Å². The maximum Gasteiger partial charge on any atom is 0.257 e. The number of nitrogens with zero attached hydrogens (tertiary/aromatic N) is 1. The molecule has 0 saturated heterocycles. The van der Waals surface area contributed by atoms with Crippen molar-refractivity contribution in [2.24, 2.45) is 0 Å². The van der Waals surface area contributed by atoms with Gasteiger partial charge in [0.05, 0.1) is 5.69 Å². The smallest absolute Gasteiger partial charge is 0.257 e. The minimum atomic E-state index is -0.125. The Morgan fingerprint density at radius 1 is 1.04 bits per heavy atom. The Morgan fingerprint density at radius 2 is 1.72 bits per heavy atom. The number of benzene rings is 2. The third-order valence-corrected chi connectivity index (χ3v) is 5.22. The Balaban J connectivity index is 1.79. The fourth-order valence-electron chi connectivity index (χ4n) is 2.75. The number of rotatable bonds is 4. The average molecular weight is 350 g/mol. The minimum Gasteiger partial charge on any atom is -0.298 e. The third-order valence-electron chi connectivity index (χ3n) is 4.47. The van der Waals surface area contributed by atoms with Crippen molar-refractivity contribution in [1.82, 2.24) is 4.98 Å². The predicted octanol–water partition coefficient (Wildman–Crippen LogP) is 5.55. The molecule has 25 heavy (non-hydrogen) atoms. The number of anilines is 1. The largest absolute Gasteiger partial charge is 0.298 e. The highest BCUT2D eigenvalue weighted by atomic mass is 32.1. The molecule has 4 heteroatoms. The van der Waals surface area contributed by atoms with E-state index in [-0.39, 0.29) is 5.91 Å². The molecule has 0 bridgehead atoms. The van der Waals surface area contributed by atoms with Gasteiger partial charge in [-0.25, -0.2) is 4.98 Å². The summed E-state index contributed by atoms with van der Waals surface area (Å²) in [6.45, 7) is 8.41. The van der Waals surface area contributed by atoms with Gasteiger partial charge in [-0.1, -0.05) is 25.1 Å². The summed E-state index contributed by atoms with van der Waals surface area (Å²) in [7, 11) is 0. The first kappa shape index (κ1) is 17.4. The van der Waals surface area contributed by atoms with Crippen molar-refractivity contribution in [2.45, 2.75) is 34.1 Å². The summed E-state index contributed by atoms with van der Waals surface area (Å²) in [5, 5.41) is 5.52. The maximum atomic E-state index is 12.4. The van der Waals surface area contributed by atoms with Crippen LogP contribution in [0.2, 0.25) is 0 Å². The standard InChI is InChI=1S/C21H22N2OS/c1-5-16-6-8-17(9-7-16)20(24)23-21-22-19(12-25-21)18-11-14(3)13(2)10-15(18)4/h6-12H,5H2,1-4H3,(H,22,23,24). The summed E-state index contributed by atoms with van der Waals surface area (Å²) in [6, 6.07) is 12.0. The zero-order valence-electron chi connectivity index (χ0n) is 15.0. The van der Waals surface area contributed by atoms with Gasteiger partial charge in [-0.05, 0) is 67.6 Å². The Bertz CT molecular complexity index is 910. The van der Waals surface area contributed by atoms with Crippen LogP contribution in [-0.4, -0.2) is 10.9 Å². The summed E-state index contributed by atoms with van der Waals surface area (Å²) in [5.74, 6) is -0.125. The van der Waals surface area contributed by atoms with Crippen molar-refractivity contribution in [3.8, 4) is 11.3 Å². The molecule has 0 aliphatic heterocycles. The van der Waals surface area contributed by atoms with E-state index in [1.165, 1.54) is 33.6 Å². The monoisotopic (exact) mass is 350 g/mol. The molecule has 128 valence electrons. The predicted molar refractivity (Wildman–Crippen MR) is 106 cm³/mol. The van der Waals surface area contributed by atoms with Crippen LogP contribution >= 0.6 is 11.3 Å². The normalized spacial score (nSPS) is 10.7. The van der Waals surface area contributed by atoms with Crippen molar-refractivity contribution in [3.63, 3.8) is 0 Å². The second kappa shape index (κ2) is 7.19. The van der Waals surface area contributed by atoms with Crippen molar-refractivity contribution in [1.29, 1.82) is 0 Å². The number of hydrogen-bond donors (Lipinski definition) is 1. The molecule has 0 aliphatic rings. The van der Waals surface area contributed by atoms with E-state index in [2.05, 4.69) is 50.1 Å². The van der Waals surface area contributed by atoms with E-state index in [4.69, 9.17) is 0 Å². The van der Waals surface area contributed by atoms with Crippen molar-refractivity contribution < 1.29 is 4.79 Å². The number of aryl methyl sites for hydroxylation is 4. The summed E-state index contributed by atoms with van der Waals surface area (Å²) >= 11 is 1.45. The highest BCUT2D eigenvalue weighted by Gasteiger charge is 2.12. The zero-order valence-corrected chi connectivity index (χ0v) is 15.8. The first-order valence-electron chi connectivity index (χ1n) is 8.42. The van der Waals surface area contributed by atoms with Gasteiger partial charge < -0.3 is 0 Å². The molecule has 2 aromatic carbocycles. The van der Waals surface area contributed by atoms with Crippen molar-refractivity contribution in [3.05, 3.63) is 69.6 Å². The van der Waals surface area contributed by atoms with E-state index in [1.54, 1.807) is 0 Å². The van der Waals surface area contributed by atoms with Crippen LogP contribution in [0.25, 0.3) is 11.3 Å². The molecule has 0 saturated carbocycles. The Morgan fingerprint density at radius 3 is 2.40 bits per heavy atom. The van der Waals surface area contributed by atoms with E-state index in [1.807, 2.05) is 29.6 Å². The van der Waals surface area contributed by atoms with E-state index < -0.39 is 0 Å². The molecule has 3 nitrogen and oxygen atoms in total. The lowest BCUT2D eigenvalue weighted by Crippen LogP contribution is -2.11. The van der Waals surface area contributed by atoms with Crippen LogP contribution in [0.1, 0.15) is 39.5 Å². The molecular formula is C21H22N2OS. The quantitative estimate of drug-likeness (QED) is 0.670. The molecule has 0 fully saturated rings. The molecule has 0 radical (unpaired) electrons. The van der Waals surface area contributed by atoms with Gasteiger partial charge in [0, 0.05) is 16.5 Å². The van der Waals surface area contributed by atoms with Crippen LogP contribution in [0.15, 0.2) is 41.8 Å². The maximum absolute atomic E-state index is 12.4. The minimum absolute atomic E-state index is 0.125. The first-order chi connectivity index (χ1) is 12.0. The number of carbonyl (C=O) groups excluding carboxylic acids is 1. The van der Waals surface area contributed by atoms with Gasteiger partial charge in [0.25, 0.3) is 5.91 Å². The summed E-state index contributed by atoms with van der Waals surface area (Å²) in [4.78, 5) is 17.0. The lowest BCUT2D eigenvalue weighted by Gasteiger charge is -2.07. The molecule has 1 N–H and O–H groups in total. The highest BCUT2D eigenvalue weighted by Crippen LogP contribution is 2.29. The fourth-order valence-corrected chi connectivity index (χ4v) is 3.46. The fraction of sp³-hybridized carbons (Fsp3) is 0.238. The number of hydrogen-bond acceptors (Lipinski definition) is 3. The van der Waals surface area contributed by atoms with Gasteiger partial charge in [0.2, 0.25) is 0 Å². The number of amides is 1. The first-order valence-corrected chi connectivity index (χ1v) is 9.30. The van der Waals surface area contributed by atoms with Gasteiger partial charge in [0.1, 0.15) is 0 Å². The second-order valence-electron chi connectivity index (χ2n) is 6.29. The Labute approximate surface area is 152 Å². The number of carbonyl (C=O) groups is 1. The van der Waals surface area contributed by atoms with Gasteiger partial charge >= 0.3 is 0 Å². The molecular weight excluding hydrogens is 328 g/mol. The molecule has 3 rings (SSSR count). The molecule has 1 amide bonds. The van der Waals surface area contributed by atoms with Gasteiger partial charge in [0.15, 0.2) is 5.13 Å². The molecule has 3 aromatic rings. The highest BCUT2D eigenvalue weighted by molar-refractivity contribution is 7.14. The Kier molecular flexibility index (Phi) is 5.00. The van der Waals surface area contributed by atoms with E-state index in [0.29, 0.717) is 10.7 Å². The van der Waals surface area contributed by atoms with Gasteiger partial charge in [-0.3, -0.25) is 10.1 Å². The SMILES string of the molecule is CCc1ccc(C(=O)Nc2nc(-c3cc(C)c(C)cc3C)cs2)cc1.